The van der Waals surface area contributed by atoms with Crippen LogP contribution < -0.4 is 19.5 Å². The molecule has 1 N–H and O–H groups in total. The number of nitrogens with one attached hydrogen (secondary N) is 1. The van der Waals surface area contributed by atoms with E-state index in [2.05, 4.69) is 16.9 Å². The van der Waals surface area contributed by atoms with E-state index in [1.807, 2.05) is 54.6 Å². The van der Waals surface area contributed by atoms with E-state index in [0.29, 0.717) is 63.2 Å². The number of aromatic nitrogens is 2. The highest BCUT2D eigenvalue weighted by Gasteiger charge is 2.44. The third kappa shape index (κ3) is 8.11. The number of pyridine rings is 2. The molecule has 49 heavy (non-hydrogen) atoms. The molecular weight excluding hydrogens is 628 g/mol. The summed E-state index contributed by atoms with van der Waals surface area (Å²) in [7, 11) is 1.59. The maximum Gasteiger partial charge on any atom is 0.262 e. The van der Waals surface area contributed by atoms with Gasteiger partial charge in [0.05, 0.1) is 55.9 Å². The van der Waals surface area contributed by atoms with Gasteiger partial charge in [0.25, 0.3) is 11.8 Å². The average molecular weight is 665 g/mol. The largest absolute Gasteiger partial charge is 0.491 e. The minimum atomic E-state index is -0.853. The monoisotopic (exact) mass is 664 g/mol. The van der Waals surface area contributed by atoms with Crippen molar-refractivity contribution in [2.24, 2.45) is 0 Å². The molecule has 6 rings (SSSR count). The number of rotatable bonds is 15. The molecule has 2 aliphatic heterocycles. The molecule has 0 radical (unpaired) electrons. The van der Waals surface area contributed by atoms with Gasteiger partial charge in [-0.2, -0.15) is 0 Å². The number of nitrogens with zero attached hydrogens (tertiary/aromatic N) is 3. The van der Waals surface area contributed by atoms with Gasteiger partial charge >= 0.3 is 0 Å². The topological polar surface area (TPSA) is 138 Å². The fourth-order valence-corrected chi connectivity index (χ4v) is 5.50. The third-order valence-electron chi connectivity index (χ3n) is 7.98. The maximum atomic E-state index is 13.0. The SMILES string of the molecule is C=C1CCC(N2C(=O)c3ccc(OCCOCCOCCOc4ccc5nc(/C=C/c6ccnc(OC)c6)ccc5c4)cc3C2=O)C(=O)N1. The Balaban J connectivity index is 0.861. The number of imide groups is 1. The molecule has 12 nitrogen and oxygen atoms in total. The average Bonchev–Trinajstić information content (AvgIpc) is 3.36. The summed E-state index contributed by atoms with van der Waals surface area (Å²) in [4.78, 5) is 48.1. The first-order valence-electron chi connectivity index (χ1n) is 15.9. The number of carbonyl (C=O) groups excluding carboxylic acids is 3. The number of methoxy groups -OCH3 is 1. The fraction of sp³-hybridized carbons (Fsp3) is 0.270. The van der Waals surface area contributed by atoms with Gasteiger partial charge in [0.15, 0.2) is 0 Å². The highest BCUT2D eigenvalue weighted by atomic mass is 16.6. The van der Waals surface area contributed by atoms with Crippen molar-refractivity contribution in [3.8, 4) is 17.4 Å². The molecular formula is C37H36N4O8. The predicted molar refractivity (Wildman–Crippen MR) is 181 cm³/mol. The highest BCUT2D eigenvalue weighted by Crippen LogP contribution is 2.31. The zero-order valence-corrected chi connectivity index (χ0v) is 27.1. The second-order valence-corrected chi connectivity index (χ2v) is 11.3. The second kappa shape index (κ2) is 15.5. The van der Waals surface area contributed by atoms with Crippen LogP contribution in [0, 0.1) is 0 Å². The first-order valence-corrected chi connectivity index (χ1v) is 15.9. The molecule has 0 aliphatic carbocycles. The summed E-state index contributed by atoms with van der Waals surface area (Å²) in [6, 6.07) is 17.3. The van der Waals surface area contributed by atoms with Crippen LogP contribution in [0.5, 0.6) is 17.4 Å². The number of ether oxygens (including phenoxy) is 5. The first kappa shape index (κ1) is 33.3. The van der Waals surface area contributed by atoms with Gasteiger partial charge in [-0.1, -0.05) is 18.7 Å². The molecule has 1 atom stereocenters. The van der Waals surface area contributed by atoms with Gasteiger partial charge in [0.2, 0.25) is 11.8 Å². The lowest BCUT2D eigenvalue weighted by Gasteiger charge is -2.29. The van der Waals surface area contributed by atoms with E-state index in [0.717, 1.165) is 32.8 Å². The van der Waals surface area contributed by atoms with Crippen molar-refractivity contribution in [2.45, 2.75) is 18.9 Å². The van der Waals surface area contributed by atoms with E-state index >= 15 is 0 Å². The molecule has 0 bridgehead atoms. The van der Waals surface area contributed by atoms with Crippen LogP contribution in [0.3, 0.4) is 0 Å². The van der Waals surface area contributed by atoms with E-state index in [4.69, 9.17) is 28.7 Å². The normalized spacial score (nSPS) is 15.9. The second-order valence-electron chi connectivity index (χ2n) is 11.3. The van der Waals surface area contributed by atoms with Crippen LogP contribution in [0.4, 0.5) is 0 Å². The van der Waals surface area contributed by atoms with E-state index in [-0.39, 0.29) is 17.7 Å². The zero-order chi connectivity index (χ0) is 34.2. The van der Waals surface area contributed by atoms with E-state index in [1.54, 1.807) is 25.4 Å². The summed E-state index contributed by atoms with van der Waals surface area (Å²) in [5, 5.41) is 3.60. The van der Waals surface area contributed by atoms with Crippen molar-refractivity contribution < 1.29 is 38.1 Å². The number of carbonyl (C=O) groups is 3. The molecule has 2 aliphatic rings. The van der Waals surface area contributed by atoms with Crippen molar-refractivity contribution in [2.75, 3.05) is 46.8 Å². The van der Waals surface area contributed by atoms with Crippen molar-refractivity contribution >= 4 is 40.8 Å². The van der Waals surface area contributed by atoms with Gasteiger partial charge in [-0.3, -0.25) is 19.3 Å². The molecule has 252 valence electrons. The third-order valence-corrected chi connectivity index (χ3v) is 7.98. The minimum Gasteiger partial charge on any atom is -0.491 e. The van der Waals surface area contributed by atoms with Gasteiger partial charge in [-0.25, -0.2) is 9.97 Å². The lowest BCUT2D eigenvalue weighted by molar-refractivity contribution is -0.125. The van der Waals surface area contributed by atoms with Crippen LogP contribution in [-0.2, 0) is 14.3 Å². The summed E-state index contributed by atoms with van der Waals surface area (Å²) < 4.78 is 27.9. The predicted octanol–water partition coefficient (Wildman–Crippen LogP) is 4.69. The molecule has 4 aromatic rings. The zero-order valence-electron chi connectivity index (χ0n) is 27.1. The summed E-state index contributed by atoms with van der Waals surface area (Å²) in [6.07, 6.45) is 6.47. The Hall–Kier alpha value is -5.59. The Bertz CT molecular complexity index is 1910. The minimum absolute atomic E-state index is 0.220. The maximum absolute atomic E-state index is 13.0. The molecule has 1 fully saturated rings. The molecule has 1 saturated heterocycles. The fourth-order valence-electron chi connectivity index (χ4n) is 5.50. The van der Waals surface area contributed by atoms with Crippen molar-refractivity contribution in [1.29, 1.82) is 0 Å². The highest BCUT2D eigenvalue weighted by molar-refractivity contribution is 6.23. The summed E-state index contributed by atoms with van der Waals surface area (Å²) in [5.74, 6) is 0.339. The molecule has 4 heterocycles. The number of hydrogen-bond acceptors (Lipinski definition) is 10. The molecule has 2 aromatic heterocycles. The lowest BCUT2D eigenvalue weighted by Crippen LogP contribution is -2.51. The summed E-state index contributed by atoms with van der Waals surface area (Å²) >= 11 is 0. The van der Waals surface area contributed by atoms with E-state index < -0.39 is 23.8 Å². The Kier molecular flexibility index (Phi) is 10.6. The Morgan fingerprint density at radius 1 is 0.837 bits per heavy atom. The van der Waals surface area contributed by atoms with Gasteiger partial charge < -0.3 is 29.0 Å². The van der Waals surface area contributed by atoms with Crippen molar-refractivity contribution in [3.05, 3.63) is 102 Å². The standard InChI is InChI=1S/C37H36N4O8/c1-24-3-12-33(35(42)39-24)41-36(43)30-10-8-29(23-31(30)37(41)44)49-20-18-47-16-15-46-17-19-48-28-9-11-32-26(22-28)5-7-27(40-32)6-4-25-13-14-38-34(21-25)45-2/h4-11,13-14,21-23,33H,1,3,12,15-20H2,2H3,(H,39,42)/b6-4+. The Labute approximate surface area is 283 Å². The van der Waals surface area contributed by atoms with Crippen LogP contribution in [0.1, 0.15) is 44.8 Å². The van der Waals surface area contributed by atoms with Crippen LogP contribution >= 0.6 is 0 Å². The number of benzene rings is 2. The first-order chi connectivity index (χ1) is 23.9. The molecule has 12 heteroatoms. The smallest absolute Gasteiger partial charge is 0.262 e. The van der Waals surface area contributed by atoms with Gasteiger partial charge in [-0.05, 0) is 73.0 Å². The van der Waals surface area contributed by atoms with Crippen LogP contribution in [0.25, 0.3) is 23.1 Å². The number of fused-ring (bicyclic) bond motifs is 2. The number of amides is 3. The molecule has 0 spiro atoms. The van der Waals surface area contributed by atoms with Crippen LogP contribution in [0.15, 0.2) is 79.1 Å². The van der Waals surface area contributed by atoms with Gasteiger partial charge in [-0.15, -0.1) is 0 Å². The number of allylic oxidation sites excluding steroid dienone is 1. The summed E-state index contributed by atoms with van der Waals surface area (Å²) in [6.45, 7) is 5.85. The number of piperidine rings is 1. The van der Waals surface area contributed by atoms with Crippen LogP contribution in [0.2, 0.25) is 0 Å². The van der Waals surface area contributed by atoms with E-state index in [9.17, 15) is 14.4 Å². The van der Waals surface area contributed by atoms with Crippen molar-refractivity contribution in [1.82, 2.24) is 20.2 Å². The molecule has 3 amide bonds. The van der Waals surface area contributed by atoms with Crippen molar-refractivity contribution in [3.63, 3.8) is 0 Å². The quantitative estimate of drug-likeness (QED) is 0.141. The number of hydrogen-bond donors (Lipinski definition) is 1. The Morgan fingerprint density at radius 2 is 1.55 bits per heavy atom. The Morgan fingerprint density at radius 3 is 2.31 bits per heavy atom. The van der Waals surface area contributed by atoms with Gasteiger partial charge in [0, 0.05) is 23.3 Å². The van der Waals surface area contributed by atoms with Gasteiger partial charge in [0.1, 0.15) is 30.8 Å². The lowest BCUT2D eigenvalue weighted by atomic mass is 10.0. The molecule has 2 aromatic carbocycles. The summed E-state index contributed by atoms with van der Waals surface area (Å²) in [5.41, 5.74) is 3.73. The van der Waals surface area contributed by atoms with Crippen LogP contribution in [-0.4, -0.2) is 85.4 Å². The molecule has 1 unspecified atom stereocenters. The molecule has 0 saturated carbocycles. The van der Waals surface area contributed by atoms with E-state index in [1.165, 1.54) is 6.07 Å².